The van der Waals surface area contributed by atoms with Crippen LogP contribution in [-0.2, 0) is 9.59 Å². The minimum atomic E-state index is -0.617. The number of rotatable bonds is 3. The highest BCUT2D eigenvalue weighted by Gasteiger charge is 2.62. The lowest BCUT2D eigenvalue weighted by atomic mass is 9.85. The number of allylic oxidation sites excluding steroid dienone is 4. The summed E-state index contributed by atoms with van der Waals surface area (Å²) >= 11 is 5.90. The number of carbonyl (C=O) groups excluding carboxylic acids is 2. The molecule has 2 aromatic carbocycles. The van der Waals surface area contributed by atoms with E-state index in [1.807, 2.05) is 49.4 Å². The van der Waals surface area contributed by atoms with Crippen molar-refractivity contribution in [2.75, 3.05) is 4.90 Å². The summed E-state index contributed by atoms with van der Waals surface area (Å²) < 4.78 is 0. The Morgan fingerprint density at radius 3 is 2.17 bits per heavy atom. The molecule has 1 saturated heterocycles. The molecule has 2 aliphatic carbocycles. The van der Waals surface area contributed by atoms with Crippen LogP contribution >= 0.6 is 11.6 Å². The molecule has 150 valence electrons. The third-order valence-electron chi connectivity index (χ3n) is 6.43. The maximum atomic E-state index is 13.3. The predicted molar refractivity (Wildman–Crippen MR) is 113 cm³/mol. The number of hydrogen-bond acceptors (Lipinski definition) is 4. The Hall–Kier alpha value is -3.25. The van der Waals surface area contributed by atoms with Gasteiger partial charge in [0.15, 0.2) is 0 Å². The molecule has 5 rings (SSSR count). The van der Waals surface area contributed by atoms with Gasteiger partial charge in [-0.1, -0.05) is 59.7 Å². The van der Waals surface area contributed by atoms with Crippen molar-refractivity contribution in [3.05, 3.63) is 87.0 Å². The highest BCUT2D eigenvalue weighted by molar-refractivity contribution is 6.31. The van der Waals surface area contributed by atoms with E-state index in [0.717, 1.165) is 21.6 Å². The van der Waals surface area contributed by atoms with Gasteiger partial charge in [0.25, 0.3) is 5.69 Å². The molecule has 0 unspecified atom stereocenters. The van der Waals surface area contributed by atoms with Crippen LogP contribution in [0.3, 0.4) is 0 Å². The first-order valence-corrected chi connectivity index (χ1v) is 10.0. The number of carbonyl (C=O) groups is 2. The second-order valence-electron chi connectivity index (χ2n) is 7.84. The van der Waals surface area contributed by atoms with Crippen molar-refractivity contribution in [2.24, 2.45) is 23.7 Å². The fraction of sp³-hybridized carbons (Fsp3) is 0.217. The number of benzene rings is 2. The minimum Gasteiger partial charge on any atom is -0.274 e. The summed E-state index contributed by atoms with van der Waals surface area (Å²) in [5, 5.41) is 11.7. The summed E-state index contributed by atoms with van der Waals surface area (Å²) in [6.45, 7) is 2.02. The Kier molecular flexibility index (Phi) is 4.15. The molecule has 2 aromatic rings. The van der Waals surface area contributed by atoms with Crippen LogP contribution in [0, 0.1) is 33.8 Å². The Morgan fingerprint density at radius 1 is 1.00 bits per heavy atom. The summed E-state index contributed by atoms with van der Waals surface area (Å²) in [5.41, 5.74) is 2.88. The first kappa shape index (κ1) is 18.8. The van der Waals surface area contributed by atoms with E-state index in [1.165, 1.54) is 18.2 Å². The van der Waals surface area contributed by atoms with Crippen molar-refractivity contribution in [1.29, 1.82) is 0 Å². The van der Waals surface area contributed by atoms with E-state index in [4.69, 9.17) is 11.6 Å². The SMILES string of the molecule is CC(=C1[C@H]2C=C[C@H]1[C@H]1C(=O)N(c3ccc(Cl)cc3[N+](=O)[O-])C(=O)[C@H]12)c1ccccc1. The van der Waals surface area contributed by atoms with Gasteiger partial charge in [-0.05, 0) is 30.2 Å². The maximum Gasteiger partial charge on any atom is 0.294 e. The zero-order valence-electron chi connectivity index (χ0n) is 16.0. The lowest BCUT2D eigenvalue weighted by molar-refractivity contribution is -0.384. The Labute approximate surface area is 177 Å². The van der Waals surface area contributed by atoms with Crippen LogP contribution in [0.4, 0.5) is 11.4 Å². The molecule has 4 atom stereocenters. The Bertz CT molecular complexity index is 1140. The van der Waals surface area contributed by atoms with Crippen molar-refractivity contribution >= 4 is 40.4 Å². The van der Waals surface area contributed by atoms with Crippen LogP contribution in [0.1, 0.15) is 12.5 Å². The van der Waals surface area contributed by atoms with Crippen molar-refractivity contribution < 1.29 is 14.5 Å². The highest BCUT2D eigenvalue weighted by atomic mass is 35.5. The molecule has 0 aromatic heterocycles. The molecule has 0 N–H and O–H groups in total. The van der Waals surface area contributed by atoms with Gasteiger partial charge in [0, 0.05) is 22.9 Å². The number of fused-ring (bicyclic) bond motifs is 5. The Balaban J connectivity index is 1.57. The monoisotopic (exact) mass is 420 g/mol. The summed E-state index contributed by atoms with van der Waals surface area (Å²) in [7, 11) is 0. The Morgan fingerprint density at radius 2 is 1.60 bits per heavy atom. The van der Waals surface area contributed by atoms with Crippen molar-refractivity contribution in [2.45, 2.75) is 6.92 Å². The molecule has 30 heavy (non-hydrogen) atoms. The van der Waals surface area contributed by atoms with E-state index >= 15 is 0 Å². The number of nitro benzene ring substituents is 1. The number of hydrogen-bond donors (Lipinski definition) is 0. The molecule has 2 bridgehead atoms. The van der Waals surface area contributed by atoms with E-state index in [2.05, 4.69) is 0 Å². The third kappa shape index (κ3) is 2.50. The van der Waals surface area contributed by atoms with E-state index in [1.54, 1.807) is 0 Å². The van der Waals surface area contributed by atoms with Crippen molar-refractivity contribution in [1.82, 2.24) is 0 Å². The smallest absolute Gasteiger partial charge is 0.274 e. The number of halogens is 1. The summed E-state index contributed by atoms with van der Waals surface area (Å²) in [6.07, 6.45) is 4.00. The molecule has 1 aliphatic heterocycles. The van der Waals surface area contributed by atoms with Crippen LogP contribution in [0.15, 0.2) is 66.3 Å². The fourth-order valence-corrected chi connectivity index (χ4v) is 5.35. The molecule has 7 heteroatoms. The van der Waals surface area contributed by atoms with Crippen LogP contribution in [-0.4, -0.2) is 16.7 Å². The molecular formula is C23H17ClN2O4. The average molecular weight is 421 g/mol. The quantitative estimate of drug-likeness (QED) is 0.313. The van der Waals surface area contributed by atoms with Gasteiger partial charge in [-0.25, -0.2) is 4.90 Å². The van der Waals surface area contributed by atoms with Crippen molar-refractivity contribution in [3.63, 3.8) is 0 Å². The fourth-order valence-electron chi connectivity index (χ4n) is 5.19. The first-order chi connectivity index (χ1) is 14.4. The maximum absolute atomic E-state index is 13.3. The van der Waals surface area contributed by atoms with Crippen molar-refractivity contribution in [3.8, 4) is 0 Å². The van der Waals surface area contributed by atoms with E-state index in [9.17, 15) is 19.7 Å². The summed E-state index contributed by atoms with van der Waals surface area (Å²) in [6, 6.07) is 13.9. The lowest BCUT2D eigenvalue weighted by Crippen LogP contribution is -2.33. The number of imide groups is 1. The topological polar surface area (TPSA) is 80.5 Å². The molecule has 1 heterocycles. The minimum absolute atomic E-state index is 0.0153. The van der Waals surface area contributed by atoms with E-state index < -0.39 is 16.8 Å². The van der Waals surface area contributed by atoms with Crippen LogP contribution in [0.2, 0.25) is 5.02 Å². The summed E-state index contributed by atoms with van der Waals surface area (Å²) in [5.74, 6) is -2.18. The van der Waals surface area contributed by atoms with Crippen LogP contribution < -0.4 is 4.90 Å². The number of nitro groups is 1. The second-order valence-corrected chi connectivity index (χ2v) is 8.27. The number of nitrogens with zero attached hydrogens (tertiary/aromatic N) is 2. The molecule has 6 nitrogen and oxygen atoms in total. The molecule has 1 saturated carbocycles. The van der Waals surface area contributed by atoms with Gasteiger partial charge >= 0.3 is 0 Å². The van der Waals surface area contributed by atoms with Gasteiger partial charge in [0.1, 0.15) is 5.69 Å². The largest absolute Gasteiger partial charge is 0.294 e. The van der Waals surface area contributed by atoms with Crippen LogP contribution in [0.5, 0.6) is 0 Å². The zero-order chi connectivity index (χ0) is 21.2. The van der Waals surface area contributed by atoms with E-state index in [0.29, 0.717) is 0 Å². The predicted octanol–water partition coefficient (Wildman–Crippen LogP) is 4.64. The van der Waals surface area contributed by atoms with E-state index in [-0.39, 0.29) is 40.0 Å². The average Bonchev–Trinajstić information content (AvgIpc) is 3.38. The number of amides is 2. The molecule has 0 radical (unpaired) electrons. The molecule has 2 amide bonds. The molecule has 0 spiro atoms. The standard InChI is InChI=1S/C23H17ClN2O4/c1-12(13-5-3-2-4-6-13)19-15-8-9-16(19)21-20(15)22(27)25(23(21)28)17-10-7-14(24)11-18(17)26(29)30/h2-11,15-16,20-21H,1H3/t15-,16-,20-,21+/m1/s1. The van der Waals surface area contributed by atoms with Gasteiger partial charge in [-0.2, -0.15) is 0 Å². The lowest BCUT2D eigenvalue weighted by Gasteiger charge is -2.20. The normalized spacial score (nSPS) is 28.3. The van der Waals surface area contributed by atoms with Gasteiger partial charge < -0.3 is 0 Å². The van der Waals surface area contributed by atoms with Gasteiger partial charge in [-0.3, -0.25) is 19.7 Å². The second kappa shape index (κ2) is 6.64. The molecule has 3 aliphatic rings. The van der Waals surface area contributed by atoms with Gasteiger partial charge in [0.05, 0.1) is 16.8 Å². The highest BCUT2D eigenvalue weighted by Crippen LogP contribution is 2.58. The third-order valence-corrected chi connectivity index (χ3v) is 6.67. The van der Waals surface area contributed by atoms with Gasteiger partial charge in [0.2, 0.25) is 11.8 Å². The van der Waals surface area contributed by atoms with Crippen LogP contribution in [0.25, 0.3) is 5.57 Å². The summed E-state index contributed by atoms with van der Waals surface area (Å²) in [4.78, 5) is 38.6. The zero-order valence-corrected chi connectivity index (χ0v) is 16.7. The first-order valence-electron chi connectivity index (χ1n) is 9.66. The molecule has 2 fully saturated rings. The van der Waals surface area contributed by atoms with Gasteiger partial charge in [-0.15, -0.1) is 0 Å². The molecular weight excluding hydrogens is 404 g/mol. The number of anilines is 1.